The Hall–Kier alpha value is -1.95. The first-order valence-electron chi connectivity index (χ1n) is 9.00. The van der Waals surface area contributed by atoms with E-state index in [0.29, 0.717) is 11.1 Å². The molecule has 0 bridgehead atoms. The number of benzene rings is 2. The summed E-state index contributed by atoms with van der Waals surface area (Å²) in [5.41, 5.74) is 0.790. The van der Waals surface area contributed by atoms with E-state index in [2.05, 4.69) is 0 Å². The van der Waals surface area contributed by atoms with Crippen LogP contribution in [0.15, 0.2) is 24.3 Å². The fourth-order valence-corrected chi connectivity index (χ4v) is 3.60. The van der Waals surface area contributed by atoms with Crippen LogP contribution in [0.3, 0.4) is 0 Å². The summed E-state index contributed by atoms with van der Waals surface area (Å²) in [4.78, 5) is 18.6. The first-order valence-corrected chi connectivity index (χ1v) is 10.6. The summed E-state index contributed by atoms with van der Waals surface area (Å²) in [6.07, 6.45) is 1.90. The van der Waals surface area contributed by atoms with Gasteiger partial charge in [0.25, 0.3) is 0 Å². The maximum atomic E-state index is 14.4. The molecule has 2 aromatic carbocycles. The van der Waals surface area contributed by atoms with Gasteiger partial charge in [0.05, 0.1) is 11.9 Å². The van der Waals surface area contributed by atoms with Crippen molar-refractivity contribution < 1.29 is 32.6 Å². The molecule has 8 heteroatoms. The van der Waals surface area contributed by atoms with Gasteiger partial charge in [0.15, 0.2) is 11.5 Å². The van der Waals surface area contributed by atoms with Crippen LogP contribution in [-0.4, -0.2) is 16.4 Å². The predicted octanol–water partition coefficient (Wildman–Crippen LogP) is 4.99. The second-order valence-electron chi connectivity index (χ2n) is 6.95. The monoisotopic (exact) mass is 414 g/mol. The van der Waals surface area contributed by atoms with Gasteiger partial charge in [0.1, 0.15) is 5.75 Å². The Morgan fingerprint density at radius 3 is 2.14 bits per heavy atom. The number of hydrogen-bond acceptors (Lipinski definition) is 3. The Morgan fingerprint density at radius 2 is 1.61 bits per heavy atom. The van der Waals surface area contributed by atoms with E-state index >= 15 is 0 Å². The number of halogens is 2. The highest BCUT2D eigenvalue weighted by atomic mass is 31.2. The zero-order chi connectivity index (χ0) is 21.1. The number of ether oxygens (including phenoxy) is 2. The van der Waals surface area contributed by atoms with Crippen molar-refractivity contribution in [2.24, 2.45) is 5.92 Å². The van der Waals surface area contributed by atoms with Gasteiger partial charge >= 0.3 is 7.60 Å². The Labute approximate surface area is 163 Å². The van der Waals surface area contributed by atoms with E-state index in [4.69, 9.17) is 9.47 Å². The largest absolute Gasteiger partial charge is 0.490 e. The van der Waals surface area contributed by atoms with Crippen LogP contribution < -0.4 is 14.8 Å². The average molecular weight is 414 g/mol. The average Bonchev–Trinajstić information content (AvgIpc) is 2.60. The van der Waals surface area contributed by atoms with Crippen LogP contribution >= 0.6 is 7.60 Å². The minimum absolute atomic E-state index is 0.161. The minimum atomic E-state index is -4.43. The summed E-state index contributed by atoms with van der Waals surface area (Å²) in [5, 5.41) is -0.161. The molecule has 0 radical (unpaired) electrons. The third kappa shape index (κ3) is 5.31. The lowest BCUT2D eigenvalue weighted by Gasteiger charge is -2.16. The molecule has 0 amide bonds. The molecule has 28 heavy (non-hydrogen) atoms. The normalized spacial score (nSPS) is 12.7. The first kappa shape index (κ1) is 22.3. The molecule has 0 aliphatic heterocycles. The molecule has 0 unspecified atom stereocenters. The van der Waals surface area contributed by atoms with Crippen molar-refractivity contribution in [3.8, 4) is 17.2 Å². The molecule has 0 spiro atoms. The third-order valence-corrected chi connectivity index (χ3v) is 5.24. The number of rotatable bonds is 8. The molecule has 0 fully saturated rings. The van der Waals surface area contributed by atoms with E-state index in [-0.39, 0.29) is 35.1 Å². The van der Waals surface area contributed by atoms with Crippen molar-refractivity contribution in [3.05, 3.63) is 47.0 Å². The maximum Gasteiger partial charge on any atom is 0.356 e. The van der Waals surface area contributed by atoms with E-state index in [9.17, 15) is 23.1 Å². The summed E-state index contributed by atoms with van der Waals surface area (Å²) in [6.45, 7) is 7.44. The van der Waals surface area contributed by atoms with E-state index in [1.54, 1.807) is 13.8 Å². The molecule has 2 N–H and O–H groups in total. The lowest BCUT2D eigenvalue weighted by Crippen LogP contribution is -2.10. The molecule has 0 heterocycles. The van der Waals surface area contributed by atoms with E-state index in [1.165, 1.54) is 24.3 Å². The van der Waals surface area contributed by atoms with E-state index in [1.807, 2.05) is 13.8 Å². The first-order chi connectivity index (χ1) is 13.0. The van der Waals surface area contributed by atoms with Crippen LogP contribution in [-0.2, 0) is 4.57 Å². The van der Waals surface area contributed by atoms with Gasteiger partial charge in [-0.25, -0.2) is 0 Å². The Balaban J connectivity index is 2.26. The van der Waals surface area contributed by atoms with Crippen LogP contribution in [0.1, 0.15) is 37.8 Å². The Morgan fingerprint density at radius 1 is 1.07 bits per heavy atom. The number of hydrogen-bond donors (Lipinski definition) is 2. The van der Waals surface area contributed by atoms with Gasteiger partial charge in [-0.15, -0.1) is 0 Å². The fourth-order valence-electron chi connectivity index (χ4n) is 2.88. The number of aryl methyl sites for hydroxylation is 2. The van der Waals surface area contributed by atoms with Crippen molar-refractivity contribution in [1.82, 2.24) is 0 Å². The molecule has 0 aliphatic carbocycles. The molecule has 2 rings (SSSR count). The van der Waals surface area contributed by atoms with E-state index < -0.39 is 19.2 Å². The second kappa shape index (κ2) is 9.03. The van der Waals surface area contributed by atoms with Gasteiger partial charge in [-0.05, 0) is 61.6 Å². The summed E-state index contributed by atoms with van der Waals surface area (Å²) in [6, 6.07) is 5.11. The molecule has 0 saturated carbocycles. The van der Waals surface area contributed by atoms with Gasteiger partial charge < -0.3 is 19.3 Å². The van der Waals surface area contributed by atoms with Gasteiger partial charge in [0.2, 0.25) is 11.6 Å². The highest BCUT2D eigenvalue weighted by Crippen LogP contribution is 2.38. The highest BCUT2D eigenvalue weighted by molar-refractivity contribution is 7.60. The lowest BCUT2D eigenvalue weighted by molar-refractivity contribution is 0.237. The Bertz CT molecular complexity index is 871. The molecule has 5 nitrogen and oxygen atoms in total. The molecule has 0 aliphatic rings. The van der Waals surface area contributed by atoms with Gasteiger partial charge in [-0.2, -0.15) is 8.78 Å². The predicted molar refractivity (Wildman–Crippen MR) is 104 cm³/mol. The van der Waals surface area contributed by atoms with Crippen LogP contribution in [0.25, 0.3) is 0 Å². The lowest BCUT2D eigenvalue weighted by atomic mass is 10.1. The van der Waals surface area contributed by atoms with Crippen LogP contribution in [0.5, 0.6) is 17.2 Å². The van der Waals surface area contributed by atoms with Gasteiger partial charge in [-0.1, -0.05) is 20.3 Å². The molecule has 154 valence electrons. The van der Waals surface area contributed by atoms with Crippen molar-refractivity contribution in [2.45, 2.75) is 40.5 Å². The second-order valence-corrected chi connectivity index (χ2v) is 8.55. The highest BCUT2D eigenvalue weighted by Gasteiger charge is 2.22. The van der Waals surface area contributed by atoms with Gasteiger partial charge in [0, 0.05) is 0 Å². The van der Waals surface area contributed by atoms with Crippen LogP contribution in [0.2, 0.25) is 0 Å². The van der Waals surface area contributed by atoms with Crippen molar-refractivity contribution in [1.29, 1.82) is 0 Å². The van der Waals surface area contributed by atoms with Crippen molar-refractivity contribution >= 4 is 12.9 Å². The van der Waals surface area contributed by atoms with Crippen LogP contribution in [0.4, 0.5) is 8.78 Å². The van der Waals surface area contributed by atoms with Crippen molar-refractivity contribution in [2.75, 3.05) is 6.61 Å². The SMILES string of the molecule is CCC[C@@H](C)COc1ccc(Oc2c(C)cc(P(=O)(O)O)cc2C)c(F)c1F. The fraction of sp³-hybridized carbons (Fsp3) is 0.400. The Kier molecular flexibility index (Phi) is 7.21. The molecule has 0 aromatic heterocycles. The van der Waals surface area contributed by atoms with Crippen LogP contribution in [0, 0.1) is 31.4 Å². The molecular weight excluding hydrogens is 389 g/mol. The van der Waals surface area contributed by atoms with Crippen molar-refractivity contribution in [3.63, 3.8) is 0 Å². The standard InChI is InChI=1S/C20H25F2O5P/c1-5-6-12(2)11-26-16-7-8-17(19(22)18(16)21)27-20-13(3)9-15(10-14(20)4)28(23,24)25/h7-10,12H,5-6,11H2,1-4H3,(H2,23,24,25)/t12-/m1/s1. The summed E-state index contributed by atoms with van der Waals surface area (Å²) in [5.74, 6) is -2.40. The summed E-state index contributed by atoms with van der Waals surface area (Å²) < 4.78 is 51.1. The minimum Gasteiger partial charge on any atom is -0.490 e. The smallest absolute Gasteiger partial charge is 0.356 e. The van der Waals surface area contributed by atoms with Gasteiger partial charge in [-0.3, -0.25) is 4.57 Å². The molecule has 0 saturated heterocycles. The van der Waals surface area contributed by atoms with E-state index in [0.717, 1.165) is 12.8 Å². The quantitative estimate of drug-likeness (QED) is 0.595. The molecule has 1 atom stereocenters. The third-order valence-electron chi connectivity index (χ3n) is 4.31. The summed E-state index contributed by atoms with van der Waals surface area (Å²) >= 11 is 0. The zero-order valence-corrected chi connectivity index (χ0v) is 17.2. The zero-order valence-electron chi connectivity index (χ0n) is 16.3. The summed E-state index contributed by atoms with van der Waals surface area (Å²) in [7, 11) is -4.43. The molecule has 2 aromatic rings. The topological polar surface area (TPSA) is 76.0 Å². The molecular formula is C20H25F2O5P. The maximum absolute atomic E-state index is 14.4.